The minimum Gasteiger partial charge on any atom is -0.478 e. The highest BCUT2D eigenvalue weighted by Crippen LogP contribution is 2.26. The Kier molecular flexibility index (Phi) is 5.94. The van der Waals surface area contributed by atoms with E-state index in [2.05, 4.69) is 4.72 Å². The lowest BCUT2D eigenvalue weighted by molar-refractivity contribution is 0.0691. The Balaban J connectivity index is 3.06. The van der Waals surface area contributed by atoms with Gasteiger partial charge in [0.15, 0.2) is 0 Å². The summed E-state index contributed by atoms with van der Waals surface area (Å²) in [5, 5.41) is 18.1. The summed E-state index contributed by atoms with van der Waals surface area (Å²) in [6, 6.07) is 0. The Morgan fingerprint density at radius 1 is 1.33 bits per heavy atom. The van der Waals surface area contributed by atoms with Crippen LogP contribution in [0.15, 0.2) is 9.31 Å². The Labute approximate surface area is 124 Å². The van der Waals surface area contributed by atoms with Gasteiger partial charge in [-0.05, 0) is 26.2 Å². The third-order valence-electron chi connectivity index (χ3n) is 3.36. The Morgan fingerprint density at radius 3 is 2.43 bits per heavy atom. The van der Waals surface area contributed by atoms with Crippen molar-refractivity contribution in [2.45, 2.75) is 38.5 Å². The first-order valence-corrected chi connectivity index (χ1v) is 8.16. The molecule has 3 N–H and O–H groups in total. The molecule has 0 fully saturated rings. The Morgan fingerprint density at radius 2 is 1.95 bits per heavy atom. The van der Waals surface area contributed by atoms with Crippen LogP contribution in [0, 0.1) is 19.8 Å². The van der Waals surface area contributed by atoms with Crippen molar-refractivity contribution >= 4 is 16.0 Å². The number of aliphatic hydroxyl groups excluding tert-OH is 1. The van der Waals surface area contributed by atoms with Crippen molar-refractivity contribution in [1.82, 2.24) is 4.72 Å². The molecule has 0 saturated heterocycles. The summed E-state index contributed by atoms with van der Waals surface area (Å²) in [4.78, 5) is 10.9. The highest BCUT2D eigenvalue weighted by atomic mass is 32.2. The predicted molar refractivity (Wildman–Crippen MR) is 75.8 cm³/mol. The third-order valence-corrected chi connectivity index (χ3v) is 4.94. The Bertz CT molecular complexity index is 604. The predicted octanol–water partition coefficient (Wildman–Crippen LogP) is 1.28. The number of carbonyl (C=O) groups is 1. The van der Waals surface area contributed by atoms with Crippen LogP contribution >= 0.6 is 0 Å². The van der Waals surface area contributed by atoms with E-state index >= 15 is 0 Å². The van der Waals surface area contributed by atoms with Gasteiger partial charge in [0.1, 0.15) is 22.0 Å². The molecule has 1 heterocycles. The lowest BCUT2D eigenvalue weighted by Crippen LogP contribution is -2.30. The van der Waals surface area contributed by atoms with E-state index in [0.29, 0.717) is 12.8 Å². The number of furan rings is 1. The lowest BCUT2D eigenvalue weighted by atomic mass is 10.0. The van der Waals surface area contributed by atoms with Crippen LogP contribution in [0.5, 0.6) is 0 Å². The highest BCUT2D eigenvalue weighted by Gasteiger charge is 2.30. The first-order chi connectivity index (χ1) is 9.74. The lowest BCUT2D eigenvalue weighted by Gasteiger charge is -2.14. The molecule has 1 unspecified atom stereocenters. The number of sulfonamides is 1. The van der Waals surface area contributed by atoms with Crippen LogP contribution in [0.1, 0.15) is 41.6 Å². The van der Waals surface area contributed by atoms with Gasteiger partial charge in [-0.3, -0.25) is 0 Å². The van der Waals surface area contributed by atoms with Crippen LogP contribution in [0.25, 0.3) is 0 Å². The smallest absolute Gasteiger partial charge is 0.340 e. The molecule has 0 amide bonds. The third kappa shape index (κ3) is 4.05. The summed E-state index contributed by atoms with van der Waals surface area (Å²) in [5.74, 6) is -1.24. The van der Waals surface area contributed by atoms with Gasteiger partial charge in [0.05, 0.1) is 0 Å². The molecule has 7 nitrogen and oxygen atoms in total. The standard InChI is InChI=1S/C13H21NO6S/c1-4-10(5-6-15)7-14-21(18,19)12-9(3)20-8(2)11(12)13(16)17/h10,14-15H,4-7H2,1-3H3,(H,16,17). The fourth-order valence-corrected chi connectivity index (χ4v) is 3.69. The number of aliphatic hydroxyl groups is 1. The number of nitrogens with one attached hydrogen (secondary N) is 1. The zero-order chi connectivity index (χ0) is 16.2. The fourth-order valence-electron chi connectivity index (χ4n) is 2.17. The van der Waals surface area contributed by atoms with E-state index in [1.165, 1.54) is 13.8 Å². The largest absolute Gasteiger partial charge is 0.478 e. The zero-order valence-electron chi connectivity index (χ0n) is 12.3. The topological polar surface area (TPSA) is 117 Å². The monoisotopic (exact) mass is 319 g/mol. The summed E-state index contributed by atoms with van der Waals surface area (Å²) in [7, 11) is -3.98. The summed E-state index contributed by atoms with van der Waals surface area (Å²) in [5.41, 5.74) is -0.338. The van der Waals surface area contributed by atoms with Gasteiger partial charge in [-0.2, -0.15) is 0 Å². The van der Waals surface area contributed by atoms with Crippen molar-refractivity contribution in [2.75, 3.05) is 13.2 Å². The van der Waals surface area contributed by atoms with E-state index in [1.807, 2.05) is 6.92 Å². The van der Waals surface area contributed by atoms with Gasteiger partial charge in [0.25, 0.3) is 0 Å². The second-order valence-corrected chi connectivity index (χ2v) is 6.57. The molecule has 0 saturated carbocycles. The number of carboxylic acid groups (broad SMARTS) is 1. The van der Waals surface area contributed by atoms with Crippen molar-refractivity contribution in [3.8, 4) is 0 Å². The van der Waals surface area contributed by atoms with E-state index in [0.717, 1.165) is 0 Å². The van der Waals surface area contributed by atoms with Gasteiger partial charge in [-0.15, -0.1) is 0 Å². The Hall–Kier alpha value is -1.38. The molecule has 1 aromatic heterocycles. The second kappa shape index (κ2) is 7.06. The first-order valence-electron chi connectivity index (χ1n) is 6.68. The molecule has 0 radical (unpaired) electrons. The first kappa shape index (κ1) is 17.7. The average Bonchev–Trinajstić information content (AvgIpc) is 2.70. The molecule has 0 aliphatic carbocycles. The molecule has 0 aliphatic heterocycles. The summed E-state index contributed by atoms with van der Waals surface area (Å²) < 4.78 is 32.2. The number of rotatable bonds is 8. The van der Waals surface area contributed by atoms with Crippen LogP contribution in [0.4, 0.5) is 0 Å². The van der Waals surface area contributed by atoms with E-state index in [4.69, 9.17) is 14.6 Å². The normalized spacial score (nSPS) is 13.3. The van der Waals surface area contributed by atoms with E-state index in [-0.39, 0.29) is 41.0 Å². The van der Waals surface area contributed by atoms with Crippen LogP contribution in [0.2, 0.25) is 0 Å². The maximum Gasteiger partial charge on any atom is 0.340 e. The molecule has 8 heteroatoms. The van der Waals surface area contributed by atoms with Gasteiger partial charge in [0.2, 0.25) is 10.0 Å². The second-order valence-electron chi connectivity index (χ2n) is 4.86. The molecule has 1 atom stereocenters. The van der Waals surface area contributed by atoms with Crippen molar-refractivity contribution < 1.29 is 27.8 Å². The fraction of sp³-hybridized carbons (Fsp3) is 0.615. The van der Waals surface area contributed by atoms with Crippen molar-refractivity contribution in [1.29, 1.82) is 0 Å². The molecule has 0 aromatic carbocycles. The maximum atomic E-state index is 12.3. The minimum absolute atomic E-state index is 0.00800. The number of carboxylic acids is 1. The SMILES string of the molecule is CCC(CCO)CNS(=O)(=O)c1c(C)oc(C)c1C(=O)O. The molecule has 120 valence electrons. The number of hydrogen-bond donors (Lipinski definition) is 3. The van der Waals surface area contributed by atoms with Crippen LogP contribution in [-0.4, -0.2) is 37.8 Å². The molecule has 0 bridgehead atoms. The van der Waals surface area contributed by atoms with E-state index in [1.54, 1.807) is 0 Å². The molecule has 0 aliphatic rings. The summed E-state index contributed by atoms with van der Waals surface area (Å²) in [6.07, 6.45) is 1.19. The molecule has 1 rings (SSSR count). The summed E-state index contributed by atoms with van der Waals surface area (Å²) in [6.45, 7) is 4.84. The summed E-state index contributed by atoms with van der Waals surface area (Å²) >= 11 is 0. The van der Waals surface area contributed by atoms with Gasteiger partial charge < -0.3 is 14.6 Å². The van der Waals surface area contributed by atoms with Gasteiger partial charge >= 0.3 is 5.97 Å². The van der Waals surface area contributed by atoms with Gasteiger partial charge in [-0.25, -0.2) is 17.9 Å². The van der Waals surface area contributed by atoms with E-state index in [9.17, 15) is 13.2 Å². The highest BCUT2D eigenvalue weighted by molar-refractivity contribution is 7.89. The van der Waals surface area contributed by atoms with Crippen molar-refractivity contribution in [3.05, 3.63) is 17.1 Å². The number of aromatic carboxylic acids is 1. The van der Waals surface area contributed by atoms with Crippen LogP contribution < -0.4 is 4.72 Å². The maximum absolute atomic E-state index is 12.3. The molecular formula is C13H21NO6S. The number of aryl methyl sites for hydroxylation is 2. The average molecular weight is 319 g/mol. The zero-order valence-corrected chi connectivity index (χ0v) is 13.2. The quantitative estimate of drug-likeness (QED) is 0.664. The number of hydrogen-bond acceptors (Lipinski definition) is 5. The van der Waals surface area contributed by atoms with Crippen molar-refractivity contribution in [2.24, 2.45) is 5.92 Å². The molecular weight excluding hydrogens is 298 g/mol. The van der Waals surface area contributed by atoms with E-state index < -0.39 is 16.0 Å². The van der Waals surface area contributed by atoms with Gasteiger partial charge in [0, 0.05) is 13.2 Å². The molecule has 1 aromatic rings. The van der Waals surface area contributed by atoms with Crippen LogP contribution in [0.3, 0.4) is 0 Å². The van der Waals surface area contributed by atoms with Gasteiger partial charge in [-0.1, -0.05) is 13.3 Å². The van der Waals surface area contributed by atoms with Crippen LogP contribution in [-0.2, 0) is 10.0 Å². The minimum atomic E-state index is -3.98. The molecule has 0 spiro atoms. The molecule has 21 heavy (non-hydrogen) atoms. The van der Waals surface area contributed by atoms with Crippen molar-refractivity contribution in [3.63, 3.8) is 0 Å².